The van der Waals surface area contributed by atoms with E-state index in [0.717, 1.165) is 16.7 Å². The molecule has 0 unspecified atom stereocenters. The predicted octanol–water partition coefficient (Wildman–Crippen LogP) is 3.84. The van der Waals surface area contributed by atoms with Crippen LogP contribution in [0.15, 0.2) is 30.5 Å². The van der Waals surface area contributed by atoms with Gasteiger partial charge in [-0.2, -0.15) is 5.10 Å². The first-order chi connectivity index (χ1) is 10.5. The van der Waals surface area contributed by atoms with E-state index in [-0.39, 0.29) is 5.91 Å². The number of hydrogen-bond donors (Lipinski definition) is 1. The third-order valence-electron chi connectivity index (χ3n) is 3.30. The Morgan fingerprint density at radius 1 is 1.27 bits per heavy atom. The highest BCUT2D eigenvalue weighted by Crippen LogP contribution is 2.23. The average Bonchev–Trinajstić information content (AvgIpc) is 2.73. The Morgan fingerprint density at radius 2 is 2.05 bits per heavy atom. The van der Waals surface area contributed by atoms with Gasteiger partial charge < -0.3 is 5.32 Å². The third kappa shape index (κ3) is 2.65. The van der Waals surface area contributed by atoms with Gasteiger partial charge in [-0.25, -0.2) is 4.98 Å². The molecule has 0 radical (unpaired) electrons. The number of amides is 1. The molecule has 1 N–H and O–H groups in total. The fourth-order valence-corrected chi connectivity index (χ4v) is 2.74. The summed E-state index contributed by atoms with van der Waals surface area (Å²) < 4.78 is 1.70. The summed E-state index contributed by atoms with van der Waals surface area (Å²) in [4.78, 5) is 16.6. The lowest BCUT2D eigenvalue weighted by Gasteiger charge is -2.07. The van der Waals surface area contributed by atoms with Gasteiger partial charge in [0.1, 0.15) is 0 Å². The molecule has 22 heavy (non-hydrogen) atoms. The van der Waals surface area contributed by atoms with Gasteiger partial charge in [0, 0.05) is 17.5 Å². The van der Waals surface area contributed by atoms with Crippen molar-refractivity contribution in [2.45, 2.75) is 6.92 Å². The number of pyridine rings is 1. The van der Waals surface area contributed by atoms with Crippen molar-refractivity contribution in [3.63, 3.8) is 0 Å². The van der Waals surface area contributed by atoms with Gasteiger partial charge in [-0.1, -0.05) is 23.2 Å². The Morgan fingerprint density at radius 3 is 2.77 bits per heavy atom. The Balaban J connectivity index is 1.92. The molecule has 5 nitrogen and oxygen atoms in total. The van der Waals surface area contributed by atoms with Crippen molar-refractivity contribution in [2.24, 2.45) is 7.05 Å². The SMILES string of the molecule is Cc1nn(C)c2ncc(NC(=O)c3ccc(Cl)cc3Cl)cc12. The maximum absolute atomic E-state index is 12.3. The fourth-order valence-electron chi connectivity index (χ4n) is 2.25. The Kier molecular flexibility index (Phi) is 3.76. The fraction of sp³-hybridized carbons (Fsp3) is 0.133. The van der Waals surface area contributed by atoms with E-state index in [9.17, 15) is 4.79 Å². The zero-order chi connectivity index (χ0) is 15.9. The second kappa shape index (κ2) is 5.59. The lowest BCUT2D eigenvalue weighted by atomic mass is 10.2. The van der Waals surface area contributed by atoms with E-state index in [1.807, 2.05) is 20.0 Å². The van der Waals surface area contributed by atoms with Gasteiger partial charge in [0.2, 0.25) is 0 Å². The number of benzene rings is 1. The number of fused-ring (bicyclic) bond motifs is 1. The van der Waals surface area contributed by atoms with Gasteiger partial charge >= 0.3 is 0 Å². The molecule has 112 valence electrons. The lowest BCUT2D eigenvalue weighted by Crippen LogP contribution is -2.12. The highest BCUT2D eigenvalue weighted by Gasteiger charge is 2.13. The van der Waals surface area contributed by atoms with E-state index in [2.05, 4.69) is 15.4 Å². The Labute approximate surface area is 136 Å². The van der Waals surface area contributed by atoms with Crippen molar-refractivity contribution < 1.29 is 4.79 Å². The molecule has 0 aliphatic carbocycles. The summed E-state index contributed by atoms with van der Waals surface area (Å²) in [7, 11) is 1.83. The molecule has 2 aromatic heterocycles. The summed E-state index contributed by atoms with van der Waals surface area (Å²) in [5, 5.41) is 8.75. The quantitative estimate of drug-likeness (QED) is 0.774. The largest absolute Gasteiger partial charge is 0.321 e. The molecule has 0 saturated carbocycles. The van der Waals surface area contributed by atoms with Crippen molar-refractivity contribution in [3.05, 3.63) is 51.8 Å². The van der Waals surface area contributed by atoms with E-state index in [4.69, 9.17) is 23.2 Å². The number of aryl methyl sites for hydroxylation is 2. The maximum Gasteiger partial charge on any atom is 0.257 e. The van der Waals surface area contributed by atoms with E-state index < -0.39 is 0 Å². The van der Waals surface area contributed by atoms with Gasteiger partial charge in [0.05, 0.1) is 28.2 Å². The minimum absolute atomic E-state index is 0.302. The summed E-state index contributed by atoms with van der Waals surface area (Å²) in [5.41, 5.74) is 2.55. The van der Waals surface area contributed by atoms with E-state index >= 15 is 0 Å². The molecule has 0 bridgehead atoms. The molecule has 2 heterocycles. The number of rotatable bonds is 2. The average molecular weight is 335 g/mol. The van der Waals surface area contributed by atoms with Crippen LogP contribution in [0, 0.1) is 6.92 Å². The minimum atomic E-state index is -0.315. The van der Waals surface area contributed by atoms with Crippen molar-refractivity contribution >= 4 is 45.8 Å². The molecular weight excluding hydrogens is 323 g/mol. The Bertz CT molecular complexity index is 889. The van der Waals surface area contributed by atoms with Crippen LogP contribution in [0.5, 0.6) is 0 Å². The molecule has 7 heteroatoms. The smallest absolute Gasteiger partial charge is 0.257 e. The van der Waals surface area contributed by atoms with Crippen molar-refractivity contribution in [1.29, 1.82) is 0 Å². The molecule has 3 aromatic rings. The summed E-state index contributed by atoms with van der Waals surface area (Å²) >= 11 is 11.9. The summed E-state index contributed by atoms with van der Waals surface area (Å²) in [6.45, 7) is 1.89. The van der Waals surface area contributed by atoms with Gasteiger partial charge in [-0.15, -0.1) is 0 Å². The number of aromatic nitrogens is 3. The highest BCUT2D eigenvalue weighted by atomic mass is 35.5. The highest BCUT2D eigenvalue weighted by molar-refractivity contribution is 6.37. The summed E-state index contributed by atoms with van der Waals surface area (Å²) in [5.74, 6) is -0.315. The topological polar surface area (TPSA) is 59.8 Å². The van der Waals surface area contributed by atoms with Gasteiger partial charge in [0.25, 0.3) is 5.91 Å². The molecule has 3 rings (SSSR count). The number of carbonyl (C=O) groups is 1. The third-order valence-corrected chi connectivity index (χ3v) is 3.84. The van der Waals surface area contributed by atoms with Gasteiger partial charge in [-0.05, 0) is 31.2 Å². The normalized spacial score (nSPS) is 10.9. The zero-order valence-corrected chi connectivity index (χ0v) is 13.4. The first-order valence-corrected chi connectivity index (χ1v) is 7.27. The van der Waals surface area contributed by atoms with Crippen LogP contribution in [0.1, 0.15) is 16.1 Å². The number of hydrogen-bond acceptors (Lipinski definition) is 3. The van der Waals surface area contributed by atoms with E-state index in [1.54, 1.807) is 23.0 Å². The lowest BCUT2D eigenvalue weighted by molar-refractivity contribution is 0.102. The second-order valence-electron chi connectivity index (χ2n) is 4.88. The molecule has 0 aliphatic rings. The number of anilines is 1. The predicted molar refractivity (Wildman–Crippen MR) is 87.7 cm³/mol. The second-order valence-corrected chi connectivity index (χ2v) is 5.73. The first kappa shape index (κ1) is 14.8. The van der Waals surface area contributed by atoms with E-state index in [1.165, 1.54) is 6.07 Å². The van der Waals surface area contributed by atoms with Gasteiger partial charge in [0.15, 0.2) is 5.65 Å². The molecule has 1 amide bonds. The molecule has 0 spiro atoms. The standard InChI is InChI=1S/C15H12Cl2N4O/c1-8-12-6-10(7-18-14(12)21(2)20-8)19-15(22)11-4-3-9(16)5-13(11)17/h3-7H,1-2H3,(H,19,22). The molecule has 1 aromatic carbocycles. The van der Waals surface area contributed by atoms with Crippen LogP contribution in [0.25, 0.3) is 11.0 Å². The van der Waals surface area contributed by atoms with Crippen molar-refractivity contribution in [3.8, 4) is 0 Å². The van der Waals surface area contributed by atoms with Crippen LogP contribution in [0.3, 0.4) is 0 Å². The van der Waals surface area contributed by atoms with E-state index in [0.29, 0.717) is 21.3 Å². The summed E-state index contributed by atoms with van der Waals surface area (Å²) in [6.07, 6.45) is 1.59. The number of carbonyl (C=O) groups excluding carboxylic acids is 1. The number of halogens is 2. The van der Waals surface area contributed by atoms with Crippen LogP contribution in [0.4, 0.5) is 5.69 Å². The van der Waals surface area contributed by atoms with Crippen molar-refractivity contribution in [1.82, 2.24) is 14.8 Å². The van der Waals surface area contributed by atoms with Crippen molar-refractivity contribution in [2.75, 3.05) is 5.32 Å². The zero-order valence-electron chi connectivity index (χ0n) is 11.9. The monoisotopic (exact) mass is 334 g/mol. The summed E-state index contributed by atoms with van der Waals surface area (Å²) in [6, 6.07) is 6.58. The molecule has 0 fully saturated rings. The minimum Gasteiger partial charge on any atom is -0.321 e. The van der Waals surface area contributed by atoms with Crippen LogP contribution >= 0.6 is 23.2 Å². The molecular formula is C15H12Cl2N4O. The molecule has 0 saturated heterocycles. The van der Waals surface area contributed by atoms with Crippen LogP contribution in [-0.4, -0.2) is 20.7 Å². The number of nitrogens with zero attached hydrogens (tertiary/aromatic N) is 3. The maximum atomic E-state index is 12.3. The molecule has 0 aliphatic heterocycles. The van der Waals surface area contributed by atoms with Crippen LogP contribution in [0.2, 0.25) is 10.0 Å². The van der Waals surface area contributed by atoms with Crippen LogP contribution in [-0.2, 0) is 7.05 Å². The number of nitrogens with one attached hydrogen (secondary N) is 1. The van der Waals surface area contributed by atoms with Crippen LogP contribution < -0.4 is 5.32 Å². The first-order valence-electron chi connectivity index (χ1n) is 6.51. The molecule has 0 atom stereocenters. The Hall–Kier alpha value is -2.11. The van der Waals surface area contributed by atoms with Gasteiger partial charge in [-0.3, -0.25) is 9.48 Å².